The van der Waals surface area contributed by atoms with E-state index in [0.29, 0.717) is 28.6 Å². The molecule has 2 aromatic rings. The number of thioether (sulfide) groups is 1. The molecule has 0 saturated heterocycles. The number of anilines is 1. The molecule has 0 fully saturated rings. The summed E-state index contributed by atoms with van der Waals surface area (Å²) in [7, 11) is 1.75. The third-order valence-electron chi connectivity index (χ3n) is 2.72. The Labute approximate surface area is 126 Å². The Morgan fingerprint density at radius 3 is 2.57 bits per heavy atom. The van der Waals surface area contributed by atoms with E-state index in [0.717, 1.165) is 0 Å². The largest absolute Gasteiger partial charge is 0.326 e. The van der Waals surface area contributed by atoms with Crippen LogP contribution in [0.3, 0.4) is 0 Å². The van der Waals surface area contributed by atoms with Gasteiger partial charge < -0.3 is 5.32 Å². The molecule has 0 aliphatic heterocycles. The zero-order valence-corrected chi connectivity index (χ0v) is 12.6. The van der Waals surface area contributed by atoms with Crippen LogP contribution in [0.2, 0.25) is 0 Å². The van der Waals surface area contributed by atoms with E-state index in [2.05, 4.69) is 20.8 Å². The highest BCUT2D eigenvalue weighted by Gasteiger charge is 2.07. The molecule has 0 radical (unpaired) electrons. The fourth-order valence-electron chi connectivity index (χ4n) is 1.59. The predicted octanol–water partition coefficient (Wildman–Crippen LogP) is 1.53. The molecule has 0 aliphatic rings. The van der Waals surface area contributed by atoms with E-state index in [1.54, 1.807) is 36.0 Å². The monoisotopic (exact) mass is 305 g/mol. The van der Waals surface area contributed by atoms with E-state index in [1.165, 1.54) is 18.7 Å². The lowest BCUT2D eigenvalue weighted by Crippen LogP contribution is -2.12. The first kappa shape index (κ1) is 15.2. The lowest BCUT2D eigenvalue weighted by atomic mass is 10.1. The number of benzene rings is 1. The highest BCUT2D eigenvalue weighted by molar-refractivity contribution is 7.99. The minimum atomic E-state index is -0.0896. The van der Waals surface area contributed by atoms with Crippen LogP contribution in [0.15, 0.2) is 29.4 Å². The molecule has 1 aromatic heterocycles. The molecule has 0 unspecified atom stereocenters. The number of nitrogens with one attached hydrogen (secondary N) is 1. The number of hydrogen-bond donors (Lipinski definition) is 1. The molecule has 7 nitrogen and oxygen atoms in total. The van der Waals surface area contributed by atoms with Crippen LogP contribution >= 0.6 is 11.8 Å². The molecular formula is C13H15N5O2S. The van der Waals surface area contributed by atoms with Gasteiger partial charge in [-0.3, -0.25) is 9.59 Å². The second-order valence-corrected chi connectivity index (χ2v) is 5.43. The third kappa shape index (κ3) is 4.38. The minimum absolute atomic E-state index is 0.00145. The van der Waals surface area contributed by atoms with Crippen molar-refractivity contribution in [3.05, 3.63) is 29.8 Å². The molecule has 0 spiro atoms. The summed E-state index contributed by atoms with van der Waals surface area (Å²) in [6, 6.07) is 6.82. The number of nitrogens with zero attached hydrogens (tertiary/aromatic N) is 4. The minimum Gasteiger partial charge on any atom is -0.326 e. The number of aromatic nitrogens is 4. The molecule has 21 heavy (non-hydrogen) atoms. The van der Waals surface area contributed by atoms with Crippen LogP contribution < -0.4 is 5.32 Å². The van der Waals surface area contributed by atoms with Crippen LogP contribution in [-0.2, 0) is 11.8 Å². The Morgan fingerprint density at radius 1 is 1.29 bits per heavy atom. The smallest absolute Gasteiger partial charge is 0.225 e. The number of Topliss-reactive ketones (excluding diaryl/α,β-unsaturated/α-hetero) is 1. The zero-order chi connectivity index (χ0) is 15.2. The summed E-state index contributed by atoms with van der Waals surface area (Å²) >= 11 is 1.42. The summed E-state index contributed by atoms with van der Waals surface area (Å²) in [6.07, 6.45) is 0.353. The predicted molar refractivity (Wildman–Crippen MR) is 79.2 cm³/mol. The fraction of sp³-hybridized carbons (Fsp3) is 0.308. The van der Waals surface area contributed by atoms with Crippen LogP contribution in [0.5, 0.6) is 0 Å². The van der Waals surface area contributed by atoms with Crippen molar-refractivity contribution in [1.29, 1.82) is 0 Å². The van der Waals surface area contributed by atoms with Crippen molar-refractivity contribution in [2.24, 2.45) is 7.05 Å². The van der Waals surface area contributed by atoms with Crippen LogP contribution in [0.4, 0.5) is 5.69 Å². The average Bonchev–Trinajstić information content (AvgIpc) is 2.85. The van der Waals surface area contributed by atoms with E-state index in [-0.39, 0.29) is 11.7 Å². The van der Waals surface area contributed by atoms with Crippen molar-refractivity contribution < 1.29 is 9.59 Å². The molecule has 1 N–H and O–H groups in total. The molecule has 2 rings (SSSR count). The molecule has 1 heterocycles. The van der Waals surface area contributed by atoms with Crippen molar-refractivity contribution in [1.82, 2.24) is 20.2 Å². The van der Waals surface area contributed by atoms with Gasteiger partial charge in [0, 0.05) is 30.5 Å². The van der Waals surface area contributed by atoms with E-state index in [9.17, 15) is 9.59 Å². The number of carbonyl (C=O) groups excluding carboxylic acids is 2. The van der Waals surface area contributed by atoms with Gasteiger partial charge >= 0.3 is 0 Å². The number of rotatable bonds is 6. The maximum Gasteiger partial charge on any atom is 0.225 e. The van der Waals surface area contributed by atoms with E-state index >= 15 is 0 Å². The van der Waals surface area contributed by atoms with Crippen molar-refractivity contribution in [2.75, 3.05) is 11.1 Å². The Balaban J connectivity index is 1.79. The van der Waals surface area contributed by atoms with Crippen molar-refractivity contribution in [3.8, 4) is 0 Å². The van der Waals surface area contributed by atoms with Gasteiger partial charge in [0.2, 0.25) is 11.1 Å². The Hall–Kier alpha value is -2.22. The maximum absolute atomic E-state index is 11.8. The van der Waals surface area contributed by atoms with E-state index in [1.807, 2.05) is 0 Å². The molecule has 0 atom stereocenters. The van der Waals surface area contributed by atoms with Crippen molar-refractivity contribution >= 4 is 29.1 Å². The Bertz CT molecular complexity index is 638. The molecule has 0 saturated carbocycles. The van der Waals surface area contributed by atoms with Gasteiger partial charge in [0.05, 0.1) is 0 Å². The van der Waals surface area contributed by atoms with Gasteiger partial charge in [-0.05, 0) is 41.6 Å². The second kappa shape index (κ2) is 6.98. The van der Waals surface area contributed by atoms with Crippen LogP contribution in [-0.4, -0.2) is 37.7 Å². The first-order valence-corrected chi connectivity index (χ1v) is 7.31. The summed E-state index contributed by atoms with van der Waals surface area (Å²) in [5, 5.41) is 14.5. The molecule has 0 bridgehead atoms. The van der Waals surface area contributed by atoms with Gasteiger partial charge in [-0.25, -0.2) is 4.68 Å². The number of carbonyl (C=O) groups is 2. The Morgan fingerprint density at radius 2 is 2.00 bits per heavy atom. The maximum atomic E-state index is 11.8. The normalized spacial score (nSPS) is 10.4. The first-order valence-electron chi connectivity index (χ1n) is 6.32. The highest BCUT2D eigenvalue weighted by Crippen LogP contribution is 2.15. The third-order valence-corrected chi connectivity index (χ3v) is 3.73. The zero-order valence-electron chi connectivity index (χ0n) is 11.7. The Kier molecular flexibility index (Phi) is 5.04. The summed E-state index contributed by atoms with van der Waals surface area (Å²) < 4.78 is 1.56. The number of tetrazole rings is 1. The van der Waals surface area contributed by atoms with Gasteiger partial charge in [-0.2, -0.15) is 0 Å². The highest BCUT2D eigenvalue weighted by atomic mass is 32.2. The standard InChI is InChI=1S/C13H15N5O2S/c1-9(19)10-3-5-11(6-4-10)14-12(20)7-8-21-13-15-16-17-18(13)2/h3-6H,7-8H2,1-2H3,(H,14,20). The topological polar surface area (TPSA) is 89.8 Å². The molecule has 1 amide bonds. The number of amides is 1. The SMILES string of the molecule is CC(=O)c1ccc(NC(=O)CCSc2nnnn2C)cc1. The first-order chi connectivity index (χ1) is 10.1. The second-order valence-electron chi connectivity index (χ2n) is 4.37. The van der Waals surface area contributed by atoms with Crippen LogP contribution in [0, 0.1) is 0 Å². The number of aryl methyl sites for hydroxylation is 1. The lowest BCUT2D eigenvalue weighted by Gasteiger charge is -2.05. The quantitative estimate of drug-likeness (QED) is 0.643. The molecule has 0 aliphatic carbocycles. The molecule has 110 valence electrons. The van der Waals surface area contributed by atoms with Gasteiger partial charge in [0.1, 0.15) is 0 Å². The summed E-state index contributed by atoms with van der Waals surface area (Å²) in [5.74, 6) is 0.501. The fourth-order valence-corrected chi connectivity index (χ4v) is 2.38. The summed E-state index contributed by atoms with van der Waals surface area (Å²) in [6.45, 7) is 1.51. The summed E-state index contributed by atoms with van der Waals surface area (Å²) in [5.41, 5.74) is 1.30. The van der Waals surface area contributed by atoms with Gasteiger partial charge in [-0.1, -0.05) is 11.8 Å². The molecule has 1 aromatic carbocycles. The van der Waals surface area contributed by atoms with E-state index < -0.39 is 0 Å². The lowest BCUT2D eigenvalue weighted by molar-refractivity contribution is -0.115. The van der Waals surface area contributed by atoms with E-state index in [4.69, 9.17) is 0 Å². The molecule has 8 heteroatoms. The number of hydrogen-bond acceptors (Lipinski definition) is 6. The van der Waals surface area contributed by atoms with Crippen LogP contribution in [0.25, 0.3) is 0 Å². The number of ketones is 1. The van der Waals surface area contributed by atoms with Gasteiger partial charge in [0.15, 0.2) is 5.78 Å². The summed E-state index contributed by atoms with van der Waals surface area (Å²) in [4.78, 5) is 22.9. The van der Waals surface area contributed by atoms with Gasteiger partial charge in [0.25, 0.3) is 0 Å². The van der Waals surface area contributed by atoms with Crippen LogP contribution in [0.1, 0.15) is 23.7 Å². The average molecular weight is 305 g/mol. The molecular weight excluding hydrogens is 290 g/mol. The van der Waals surface area contributed by atoms with Crippen molar-refractivity contribution in [3.63, 3.8) is 0 Å². The van der Waals surface area contributed by atoms with Gasteiger partial charge in [-0.15, -0.1) is 5.10 Å². The van der Waals surface area contributed by atoms with Crippen molar-refractivity contribution in [2.45, 2.75) is 18.5 Å².